The smallest absolute Gasteiger partial charge is 0.193 e. The van der Waals surface area contributed by atoms with Gasteiger partial charge in [-0.3, -0.25) is 9.78 Å². The monoisotopic (exact) mass is 299 g/mol. The van der Waals surface area contributed by atoms with E-state index in [0.717, 1.165) is 0 Å². The van der Waals surface area contributed by atoms with Gasteiger partial charge in [-0.25, -0.2) is 0 Å². The van der Waals surface area contributed by atoms with Crippen LogP contribution in [0, 0.1) is 34.0 Å². The van der Waals surface area contributed by atoms with E-state index in [0.29, 0.717) is 16.8 Å². The summed E-state index contributed by atoms with van der Waals surface area (Å²) in [5.41, 5.74) is 1.06. The van der Waals surface area contributed by atoms with E-state index in [-0.39, 0.29) is 17.1 Å². The summed E-state index contributed by atoms with van der Waals surface area (Å²) in [5, 5.41) is 29.2. The number of carbonyl (C=O) groups excluding carboxylic acids is 1. The Morgan fingerprint density at radius 1 is 0.870 bits per heavy atom. The first-order valence-electron chi connectivity index (χ1n) is 6.46. The molecular formula is C17H9N5O. The van der Waals surface area contributed by atoms with Crippen LogP contribution in [0.15, 0.2) is 60.1 Å². The molecule has 108 valence electrons. The first-order valence-corrected chi connectivity index (χ1v) is 6.46. The van der Waals surface area contributed by atoms with Crippen molar-refractivity contribution in [3.63, 3.8) is 0 Å². The Bertz CT molecular complexity index is 862. The molecule has 0 saturated carbocycles. The van der Waals surface area contributed by atoms with E-state index in [1.807, 2.05) is 0 Å². The quantitative estimate of drug-likeness (QED) is 0.685. The van der Waals surface area contributed by atoms with Crippen molar-refractivity contribution < 1.29 is 4.79 Å². The molecule has 6 nitrogen and oxygen atoms in total. The molecule has 23 heavy (non-hydrogen) atoms. The first-order chi connectivity index (χ1) is 11.2. The maximum absolute atomic E-state index is 12.2. The fourth-order valence-corrected chi connectivity index (χ4v) is 1.80. The normalized spacial score (nSPS) is 8.91. The molecule has 1 N–H and O–H groups in total. The lowest BCUT2D eigenvalue weighted by atomic mass is 10.0. The molecule has 0 atom stereocenters. The van der Waals surface area contributed by atoms with Crippen LogP contribution < -0.4 is 5.32 Å². The SMILES string of the molecule is N#CC(C#N)=C(C#N)Nc1ccc(C(=O)c2ccncc2)cc1. The van der Waals surface area contributed by atoms with Crippen LogP contribution in [-0.2, 0) is 0 Å². The van der Waals surface area contributed by atoms with E-state index in [1.165, 1.54) is 0 Å². The molecule has 0 saturated heterocycles. The number of nitriles is 3. The van der Waals surface area contributed by atoms with E-state index in [9.17, 15) is 4.79 Å². The fourth-order valence-electron chi connectivity index (χ4n) is 1.80. The molecule has 0 aliphatic rings. The van der Waals surface area contributed by atoms with E-state index in [2.05, 4.69) is 10.3 Å². The molecule has 0 bridgehead atoms. The third-order valence-corrected chi connectivity index (χ3v) is 2.94. The minimum Gasteiger partial charge on any atom is -0.345 e. The van der Waals surface area contributed by atoms with Crippen LogP contribution in [0.5, 0.6) is 0 Å². The van der Waals surface area contributed by atoms with Gasteiger partial charge in [0.2, 0.25) is 0 Å². The van der Waals surface area contributed by atoms with Gasteiger partial charge in [-0.15, -0.1) is 0 Å². The lowest BCUT2D eigenvalue weighted by Gasteiger charge is -2.06. The lowest BCUT2D eigenvalue weighted by Crippen LogP contribution is -2.03. The molecular weight excluding hydrogens is 290 g/mol. The van der Waals surface area contributed by atoms with Crippen LogP contribution in [0.2, 0.25) is 0 Å². The van der Waals surface area contributed by atoms with Gasteiger partial charge in [0, 0.05) is 29.2 Å². The zero-order chi connectivity index (χ0) is 16.7. The molecule has 0 unspecified atom stereocenters. The van der Waals surface area contributed by atoms with Gasteiger partial charge in [-0.2, -0.15) is 15.8 Å². The Labute approximate surface area is 132 Å². The molecule has 1 aromatic carbocycles. The molecule has 0 spiro atoms. The summed E-state index contributed by atoms with van der Waals surface area (Å²) in [6.45, 7) is 0. The van der Waals surface area contributed by atoms with E-state index >= 15 is 0 Å². The second kappa shape index (κ2) is 7.17. The summed E-state index contributed by atoms with van der Waals surface area (Å²) in [6, 6.07) is 14.7. The van der Waals surface area contributed by atoms with Gasteiger partial charge in [-0.1, -0.05) is 0 Å². The summed E-state index contributed by atoms with van der Waals surface area (Å²) >= 11 is 0. The number of allylic oxidation sites excluding steroid dienone is 2. The summed E-state index contributed by atoms with van der Waals surface area (Å²) in [5.74, 6) is -0.148. The molecule has 0 fully saturated rings. The van der Waals surface area contributed by atoms with Gasteiger partial charge in [0.05, 0.1) is 0 Å². The van der Waals surface area contributed by atoms with Crippen molar-refractivity contribution in [1.29, 1.82) is 15.8 Å². The Kier molecular flexibility index (Phi) is 4.81. The predicted molar refractivity (Wildman–Crippen MR) is 81.6 cm³/mol. The van der Waals surface area contributed by atoms with Gasteiger partial charge >= 0.3 is 0 Å². The second-order valence-corrected chi connectivity index (χ2v) is 4.35. The maximum Gasteiger partial charge on any atom is 0.193 e. The van der Waals surface area contributed by atoms with Crippen LogP contribution in [-0.4, -0.2) is 10.8 Å². The topological polar surface area (TPSA) is 113 Å². The number of rotatable bonds is 4. The van der Waals surface area contributed by atoms with Gasteiger partial charge in [0.1, 0.15) is 23.9 Å². The number of anilines is 1. The zero-order valence-corrected chi connectivity index (χ0v) is 11.8. The first kappa shape index (κ1) is 15.4. The van der Waals surface area contributed by atoms with Crippen LogP contribution in [0.4, 0.5) is 5.69 Å². The molecule has 0 aliphatic carbocycles. The maximum atomic E-state index is 12.2. The number of aromatic nitrogens is 1. The standard InChI is InChI=1S/C17H9N5O/c18-9-14(10-19)16(11-20)22-15-3-1-12(2-4-15)17(23)13-5-7-21-8-6-13/h1-8,22H. The van der Waals surface area contributed by atoms with Crippen molar-refractivity contribution in [3.8, 4) is 18.2 Å². The Morgan fingerprint density at radius 2 is 1.43 bits per heavy atom. The highest BCUT2D eigenvalue weighted by Crippen LogP contribution is 2.16. The number of nitrogens with zero attached hydrogens (tertiary/aromatic N) is 4. The van der Waals surface area contributed by atoms with Gasteiger partial charge in [0.25, 0.3) is 0 Å². The van der Waals surface area contributed by atoms with Crippen LogP contribution in [0.3, 0.4) is 0 Å². The third-order valence-electron chi connectivity index (χ3n) is 2.94. The molecule has 0 amide bonds. The molecule has 0 radical (unpaired) electrons. The largest absolute Gasteiger partial charge is 0.345 e. The highest BCUT2D eigenvalue weighted by Gasteiger charge is 2.10. The van der Waals surface area contributed by atoms with Crippen molar-refractivity contribution in [1.82, 2.24) is 4.98 Å². The number of ketones is 1. The fraction of sp³-hybridized carbons (Fsp3) is 0. The molecule has 1 aromatic heterocycles. The average Bonchev–Trinajstić information content (AvgIpc) is 2.62. The molecule has 6 heteroatoms. The van der Waals surface area contributed by atoms with E-state index in [4.69, 9.17) is 15.8 Å². The minimum atomic E-state index is -0.301. The van der Waals surface area contributed by atoms with Crippen LogP contribution in [0.1, 0.15) is 15.9 Å². The molecule has 2 rings (SSSR count). The highest BCUT2D eigenvalue weighted by molar-refractivity contribution is 6.09. The van der Waals surface area contributed by atoms with Gasteiger partial charge < -0.3 is 5.32 Å². The highest BCUT2D eigenvalue weighted by atomic mass is 16.1. The summed E-state index contributed by atoms with van der Waals surface area (Å²) in [4.78, 5) is 16.1. The summed E-state index contributed by atoms with van der Waals surface area (Å²) in [6.07, 6.45) is 3.08. The van der Waals surface area contributed by atoms with E-state index in [1.54, 1.807) is 67.0 Å². The summed E-state index contributed by atoms with van der Waals surface area (Å²) in [7, 11) is 0. The molecule has 0 aliphatic heterocycles. The number of hydrogen-bond donors (Lipinski definition) is 1. The number of benzene rings is 1. The Hall–Kier alpha value is -3.95. The van der Waals surface area contributed by atoms with Gasteiger partial charge in [0.15, 0.2) is 11.4 Å². The zero-order valence-electron chi connectivity index (χ0n) is 11.8. The minimum absolute atomic E-state index is 0.136. The number of pyridine rings is 1. The molecule has 2 aromatic rings. The third kappa shape index (κ3) is 3.58. The predicted octanol–water partition coefficient (Wildman–Crippen LogP) is 2.55. The number of carbonyl (C=O) groups is 1. The Morgan fingerprint density at radius 3 is 1.96 bits per heavy atom. The van der Waals surface area contributed by atoms with E-state index < -0.39 is 0 Å². The lowest BCUT2D eigenvalue weighted by molar-refractivity contribution is 0.103. The molecule has 1 heterocycles. The Balaban J connectivity index is 2.23. The number of nitrogens with one attached hydrogen (secondary N) is 1. The van der Waals surface area contributed by atoms with Crippen molar-refractivity contribution in [2.45, 2.75) is 0 Å². The van der Waals surface area contributed by atoms with Crippen molar-refractivity contribution in [2.75, 3.05) is 5.32 Å². The van der Waals surface area contributed by atoms with Crippen LogP contribution >= 0.6 is 0 Å². The van der Waals surface area contributed by atoms with Crippen molar-refractivity contribution >= 4 is 11.5 Å². The van der Waals surface area contributed by atoms with Crippen LogP contribution in [0.25, 0.3) is 0 Å². The average molecular weight is 299 g/mol. The van der Waals surface area contributed by atoms with Crippen molar-refractivity contribution in [2.24, 2.45) is 0 Å². The van der Waals surface area contributed by atoms with Crippen molar-refractivity contribution in [3.05, 3.63) is 71.2 Å². The number of hydrogen-bond acceptors (Lipinski definition) is 6. The summed E-state index contributed by atoms with van der Waals surface area (Å²) < 4.78 is 0. The van der Waals surface area contributed by atoms with Gasteiger partial charge in [-0.05, 0) is 36.4 Å². The second-order valence-electron chi connectivity index (χ2n) is 4.35.